The first-order chi connectivity index (χ1) is 12.2. The standard InChI is InChI=1S/C18H20ClN5O/c19-15-10-21-18(22-12-5-6-24(11-12)7-8-25)23-17(15)14-9-20-16-4-2-1-3-13(14)16/h1-4,9-10,12,20,25H,5-8,11H2,(H,21,22,23)/t12-/m1/s1. The van der Waals surface area contributed by atoms with Gasteiger partial charge in [-0.2, -0.15) is 0 Å². The molecular formula is C18H20ClN5O. The van der Waals surface area contributed by atoms with Gasteiger partial charge >= 0.3 is 0 Å². The molecule has 0 aliphatic carbocycles. The van der Waals surface area contributed by atoms with Crippen molar-refractivity contribution in [3.05, 3.63) is 41.7 Å². The number of likely N-dealkylation sites (tertiary alicyclic amines) is 1. The van der Waals surface area contributed by atoms with E-state index in [-0.39, 0.29) is 12.6 Å². The van der Waals surface area contributed by atoms with Crippen LogP contribution < -0.4 is 5.32 Å². The number of nitrogens with zero attached hydrogens (tertiary/aromatic N) is 3. The predicted octanol–water partition coefficient (Wildman–Crippen LogP) is 2.76. The third-order valence-corrected chi connectivity index (χ3v) is 4.89. The van der Waals surface area contributed by atoms with Crippen molar-refractivity contribution in [2.45, 2.75) is 12.5 Å². The van der Waals surface area contributed by atoms with Crippen molar-refractivity contribution in [2.24, 2.45) is 0 Å². The Bertz CT molecular complexity index is 881. The van der Waals surface area contributed by atoms with E-state index >= 15 is 0 Å². The third kappa shape index (κ3) is 3.33. The summed E-state index contributed by atoms with van der Waals surface area (Å²) < 4.78 is 0. The molecule has 1 fully saturated rings. The third-order valence-electron chi connectivity index (χ3n) is 4.61. The van der Waals surface area contributed by atoms with Gasteiger partial charge in [-0.3, -0.25) is 4.90 Å². The predicted molar refractivity (Wildman–Crippen MR) is 99.9 cm³/mol. The summed E-state index contributed by atoms with van der Waals surface area (Å²) in [7, 11) is 0. The molecule has 2 aromatic heterocycles. The molecule has 130 valence electrons. The monoisotopic (exact) mass is 357 g/mol. The molecule has 6 nitrogen and oxygen atoms in total. The number of rotatable bonds is 5. The van der Waals surface area contributed by atoms with E-state index in [2.05, 4.69) is 31.2 Å². The molecule has 1 aliphatic heterocycles. The number of β-amino-alcohol motifs (C(OH)–C–C–N with tert-alkyl or cyclic N) is 1. The first-order valence-electron chi connectivity index (χ1n) is 8.43. The van der Waals surface area contributed by atoms with Gasteiger partial charge in [0.05, 0.1) is 23.5 Å². The Morgan fingerprint density at radius 2 is 2.24 bits per heavy atom. The summed E-state index contributed by atoms with van der Waals surface area (Å²) in [4.78, 5) is 14.5. The smallest absolute Gasteiger partial charge is 0.223 e. The van der Waals surface area contributed by atoms with E-state index in [1.54, 1.807) is 6.20 Å². The van der Waals surface area contributed by atoms with Gasteiger partial charge in [0.15, 0.2) is 0 Å². The van der Waals surface area contributed by atoms with Crippen LogP contribution in [-0.4, -0.2) is 57.2 Å². The Hall–Kier alpha value is -2.15. The van der Waals surface area contributed by atoms with Crippen LogP contribution >= 0.6 is 11.6 Å². The highest BCUT2D eigenvalue weighted by molar-refractivity contribution is 6.33. The summed E-state index contributed by atoms with van der Waals surface area (Å²) in [5.74, 6) is 0.584. The summed E-state index contributed by atoms with van der Waals surface area (Å²) in [5.41, 5.74) is 2.75. The fraction of sp³-hybridized carbons (Fsp3) is 0.333. The lowest BCUT2D eigenvalue weighted by Crippen LogP contribution is -2.28. The van der Waals surface area contributed by atoms with Crippen LogP contribution in [0.25, 0.3) is 22.2 Å². The number of aliphatic hydroxyl groups is 1. The highest BCUT2D eigenvalue weighted by atomic mass is 35.5. The van der Waals surface area contributed by atoms with Gasteiger partial charge in [-0.25, -0.2) is 9.97 Å². The van der Waals surface area contributed by atoms with Crippen LogP contribution in [0.1, 0.15) is 6.42 Å². The Morgan fingerprint density at radius 3 is 3.12 bits per heavy atom. The fourth-order valence-corrected chi connectivity index (χ4v) is 3.56. The molecule has 3 N–H and O–H groups in total. The minimum absolute atomic E-state index is 0.189. The van der Waals surface area contributed by atoms with Gasteiger partial charge in [0.25, 0.3) is 0 Å². The van der Waals surface area contributed by atoms with E-state index in [0.29, 0.717) is 17.5 Å². The minimum Gasteiger partial charge on any atom is -0.395 e. The number of nitrogens with one attached hydrogen (secondary N) is 2. The molecule has 3 aromatic rings. The van der Waals surface area contributed by atoms with Crippen molar-refractivity contribution in [3.63, 3.8) is 0 Å². The maximum atomic E-state index is 9.06. The highest BCUT2D eigenvalue weighted by Crippen LogP contribution is 2.32. The molecular weight excluding hydrogens is 338 g/mol. The van der Waals surface area contributed by atoms with E-state index in [1.165, 1.54) is 0 Å². The van der Waals surface area contributed by atoms with E-state index in [1.807, 2.05) is 24.4 Å². The molecule has 0 amide bonds. The average Bonchev–Trinajstić information content (AvgIpc) is 3.24. The molecule has 1 atom stereocenters. The lowest BCUT2D eigenvalue weighted by Gasteiger charge is -2.15. The van der Waals surface area contributed by atoms with E-state index in [4.69, 9.17) is 16.7 Å². The molecule has 0 bridgehead atoms. The summed E-state index contributed by atoms with van der Waals surface area (Å²) >= 11 is 6.37. The van der Waals surface area contributed by atoms with Crippen LogP contribution in [0.15, 0.2) is 36.7 Å². The number of hydrogen-bond donors (Lipinski definition) is 3. The Kier molecular flexibility index (Phi) is 4.57. The highest BCUT2D eigenvalue weighted by Gasteiger charge is 2.23. The number of aromatic nitrogens is 3. The maximum absolute atomic E-state index is 9.06. The van der Waals surface area contributed by atoms with Crippen LogP contribution in [0.2, 0.25) is 5.02 Å². The van der Waals surface area contributed by atoms with Gasteiger partial charge in [-0.05, 0) is 12.5 Å². The second-order valence-corrected chi connectivity index (χ2v) is 6.70. The van der Waals surface area contributed by atoms with Crippen molar-refractivity contribution in [1.29, 1.82) is 0 Å². The quantitative estimate of drug-likeness (QED) is 0.654. The van der Waals surface area contributed by atoms with Crippen molar-refractivity contribution >= 4 is 28.5 Å². The van der Waals surface area contributed by atoms with Gasteiger partial charge in [0.1, 0.15) is 0 Å². The Balaban J connectivity index is 1.59. The molecule has 4 rings (SSSR count). The number of aliphatic hydroxyl groups excluding tert-OH is 1. The molecule has 25 heavy (non-hydrogen) atoms. The number of aromatic amines is 1. The van der Waals surface area contributed by atoms with Gasteiger partial charge in [0.2, 0.25) is 5.95 Å². The topological polar surface area (TPSA) is 77.1 Å². The molecule has 3 heterocycles. The number of halogens is 1. The maximum Gasteiger partial charge on any atom is 0.223 e. The lowest BCUT2D eigenvalue weighted by molar-refractivity contribution is 0.221. The second-order valence-electron chi connectivity index (χ2n) is 6.29. The van der Waals surface area contributed by atoms with Crippen LogP contribution in [0.5, 0.6) is 0 Å². The molecule has 7 heteroatoms. The molecule has 0 saturated carbocycles. The van der Waals surface area contributed by atoms with Gasteiger partial charge in [-0.1, -0.05) is 29.8 Å². The number of hydrogen-bond acceptors (Lipinski definition) is 5. The molecule has 0 unspecified atom stereocenters. The SMILES string of the molecule is OCCN1CC[C@@H](Nc2ncc(Cl)c(-c3c[nH]c4ccccc34)n2)C1. The van der Waals surface area contributed by atoms with E-state index < -0.39 is 0 Å². The molecule has 1 aliphatic rings. The zero-order valence-electron chi connectivity index (χ0n) is 13.7. The largest absolute Gasteiger partial charge is 0.395 e. The number of anilines is 1. The first kappa shape index (κ1) is 16.3. The van der Waals surface area contributed by atoms with Gasteiger partial charge in [0, 0.05) is 48.3 Å². The summed E-state index contributed by atoms with van der Waals surface area (Å²) in [5, 5.41) is 14.1. The number of H-pyrrole nitrogens is 1. The average molecular weight is 358 g/mol. The molecule has 0 spiro atoms. The van der Waals surface area contributed by atoms with Crippen LogP contribution in [0.4, 0.5) is 5.95 Å². The van der Waals surface area contributed by atoms with Gasteiger partial charge < -0.3 is 15.4 Å². The minimum atomic E-state index is 0.189. The van der Waals surface area contributed by atoms with Crippen LogP contribution in [-0.2, 0) is 0 Å². The van der Waals surface area contributed by atoms with Crippen molar-refractivity contribution in [2.75, 3.05) is 31.6 Å². The van der Waals surface area contributed by atoms with Crippen molar-refractivity contribution < 1.29 is 5.11 Å². The summed E-state index contributed by atoms with van der Waals surface area (Å²) in [6.07, 6.45) is 4.59. The Labute approximate surface area is 150 Å². The zero-order valence-corrected chi connectivity index (χ0v) is 14.5. The normalized spacial score (nSPS) is 18.1. The summed E-state index contributed by atoms with van der Waals surface area (Å²) in [6.45, 7) is 2.76. The first-order valence-corrected chi connectivity index (χ1v) is 8.81. The van der Waals surface area contributed by atoms with Crippen molar-refractivity contribution in [3.8, 4) is 11.3 Å². The molecule has 0 radical (unpaired) electrons. The van der Waals surface area contributed by atoms with Crippen LogP contribution in [0, 0.1) is 0 Å². The Morgan fingerprint density at radius 1 is 1.36 bits per heavy atom. The molecule has 1 aromatic carbocycles. The number of fused-ring (bicyclic) bond motifs is 1. The van der Waals surface area contributed by atoms with Crippen molar-refractivity contribution in [1.82, 2.24) is 19.9 Å². The molecule has 1 saturated heterocycles. The summed E-state index contributed by atoms with van der Waals surface area (Å²) in [6, 6.07) is 8.36. The fourth-order valence-electron chi connectivity index (χ4n) is 3.37. The van der Waals surface area contributed by atoms with Crippen LogP contribution in [0.3, 0.4) is 0 Å². The van der Waals surface area contributed by atoms with E-state index in [0.717, 1.165) is 41.7 Å². The number of benzene rings is 1. The zero-order chi connectivity index (χ0) is 17.2. The van der Waals surface area contributed by atoms with Gasteiger partial charge in [-0.15, -0.1) is 0 Å². The lowest BCUT2D eigenvalue weighted by atomic mass is 10.1. The number of para-hydroxylation sites is 1. The van der Waals surface area contributed by atoms with E-state index in [9.17, 15) is 0 Å². The second kappa shape index (κ2) is 7.00.